The number of rotatable bonds is 4. The van der Waals surface area contributed by atoms with E-state index in [1.807, 2.05) is 30.3 Å². The van der Waals surface area contributed by atoms with E-state index in [1.54, 1.807) is 10.9 Å². The van der Waals surface area contributed by atoms with Crippen LogP contribution in [0.25, 0.3) is 0 Å². The average molecular weight is 403 g/mol. The van der Waals surface area contributed by atoms with Crippen LogP contribution in [-0.4, -0.2) is 50.7 Å². The number of carbonyl (C=O) groups is 1. The second-order valence-corrected chi connectivity index (χ2v) is 7.23. The first kappa shape index (κ1) is 18.5. The van der Waals surface area contributed by atoms with Crippen molar-refractivity contribution in [1.82, 2.24) is 14.8 Å². The summed E-state index contributed by atoms with van der Waals surface area (Å²) in [5.74, 6) is -0.792. The zero-order valence-corrected chi connectivity index (χ0v) is 15.9. The third kappa shape index (κ3) is 2.96. The fourth-order valence-electron chi connectivity index (χ4n) is 4.19. The van der Waals surface area contributed by atoms with E-state index in [0.29, 0.717) is 28.4 Å². The largest absolute Gasteiger partial charge is 0.394 e. The number of aliphatic hydroxyl groups excluding tert-OH is 1. The highest BCUT2D eigenvalue weighted by Crippen LogP contribution is 2.42. The summed E-state index contributed by atoms with van der Waals surface area (Å²) in [5.41, 5.74) is 2.84. The summed E-state index contributed by atoms with van der Waals surface area (Å²) < 4.78 is 15.9. The van der Waals surface area contributed by atoms with Crippen molar-refractivity contribution in [2.45, 2.75) is 18.4 Å². The van der Waals surface area contributed by atoms with Crippen molar-refractivity contribution < 1.29 is 14.3 Å². The summed E-state index contributed by atoms with van der Waals surface area (Å²) in [7, 11) is 0. The molecule has 7 nitrogen and oxygen atoms in total. The number of aromatic nitrogens is 3. The van der Waals surface area contributed by atoms with Gasteiger partial charge in [-0.05, 0) is 11.6 Å². The highest BCUT2D eigenvalue weighted by Gasteiger charge is 2.39. The smallest absolute Gasteiger partial charge is 0.185 e. The van der Waals surface area contributed by atoms with E-state index in [9.17, 15) is 14.3 Å². The van der Waals surface area contributed by atoms with Crippen molar-refractivity contribution in [3.8, 4) is 0 Å². The van der Waals surface area contributed by atoms with Crippen LogP contribution in [0.4, 0.5) is 10.1 Å². The topological polar surface area (TPSA) is 92.7 Å². The number of Topliss-reactive ketones (excluding diaryl/α,β-unsaturated/α-hetero) is 1. The molecule has 8 heteroatoms. The van der Waals surface area contributed by atoms with E-state index in [2.05, 4.69) is 20.1 Å². The van der Waals surface area contributed by atoms with Gasteiger partial charge in [-0.1, -0.05) is 30.3 Å². The molecule has 0 saturated carbocycles. The summed E-state index contributed by atoms with van der Waals surface area (Å²) in [6, 6.07) is 12.4. The molecule has 0 aliphatic carbocycles. The normalized spacial score (nSPS) is 19.9. The molecule has 1 N–H and O–H groups in total. The zero-order valence-electron chi connectivity index (χ0n) is 15.9. The Morgan fingerprint density at radius 3 is 2.83 bits per heavy atom. The van der Waals surface area contributed by atoms with E-state index in [4.69, 9.17) is 0 Å². The summed E-state index contributed by atoms with van der Waals surface area (Å²) in [4.78, 5) is 26.2. The number of nitrogens with zero attached hydrogens (tertiary/aromatic N) is 5. The molecular formula is C22H18FN5O2. The van der Waals surface area contributed by atoms with E-state index in [-0.39, 0.29) is 31.4 Å². The summed E-state index contributed by atoms with van der Waals surface area (Å²) >= 11 is 0. The van der Waals surface area contributed by atoms with Gasteiger partial charge in [-0.25, -0.2) is 14.1 Å². The van der Waals surface area contributed by atoms with Gasteiger partial charge in [0.2, 0.25) is 0 Å². The fourth-order valence-corrected chi connectivity index (χ4v) is 4.19. The van der Waals surface area contributed by atoms with E-state index in [0.717, 1.165) is 5.56 Å². The van der Waals surface area contributed by atoms with Gasteiger partial charge in [-0.2, -0.15) is 5.10 Å². The van der Waals surface area contributed by atoms with Gasteiger partial charge in [0.05, 0.1) is 30.5 Å². The Morgan fingerprint density at radius 1 is 1.20 bits per heavy atom. The number of aliphatic imine (C=N–C) groups is 2. The monoisotopic (exact) mass is 403 g/mol. The van der Waals surface area contributed by atoms with Gasteiger partial charge >= 0.3 is 0 Å². The molecule has 5 rings (SSSR count). The van der Waals surface area contributed by atoms with Crippen LogP contribution in [0, 0.1) is 5.82 Å². The molecule has 2 atom stereocenters. The number of halogens is 1. The highest BCUT2D eigenvalue weighted by atomic mass is 19.1. The molecule has 0 bridgehead atoms. The number of carbonyl (C=O) groups excluding carboxylic acids is 1. The molecule has 1 aromatic heterocycles. The Hall–Kier alpha value is -3.52. The number of hydrogen-bond acceptors (Lipinski definition) is 6. The van der Waals surface area contributed by atoms with Gasteiger partial charge in [0.1, 0.15) is 24.5 Å². The first-order valence-corrected chi connectivity index (χ1v) is 9.66. The van der Waals surface area contributed by atoms with Crippen LogP contribution >= 0.6 is 0 Å². The number of aliphatic hydroxyl groups is 1. The quantitative estimate of drug-likeness (QED) is 0.725. The first-order valence-electron chi connectivity index (χ1n) is 9.66. The third-order valence-corrected chi connectivity index (χ3v) is 5.48. The maximum Gasteiger partial charge on any atom is 0.185 e. The zero-order chi connectivity index (χ0) is 20.7. The average Bonchev–Trinajstić information content (AvgIpc) is 3.14. The number of benzene rings is 2. The van der Waals surface area contributed by atoms with Crippen LogP contribution in [-0.2, 0) is 6.54 Å². The molecule has 30 heavy (non-hydrogen) atoms. The predicted octanol–water partition coefficient (Wildman–Crippen LogP) is 2.68. The van der Waals surface area contributed by atoms with Crippen LogP contribution in [0.5, 0.6) is 0 Å². The lowest BCUT2D eigenvalue weighted by Crippen LogP contribution is -2.30. The fraction of sp³-hybridized carbons (Fsp3) is 0.227. The van der Waals surface area contributed by atoms with E-state index < -0.39 is 11.7 Å². The van der Waals surface area contributed by atoms with Gasteiger partial charge in [-0.15, -0.1) is 0 Å². The van der Waals surface area contributed by atoms with Crippen molar-refractivity contribution >= 4 is 23.4 Å². The molecule has 2 aliphatic heterocycles. The Bertz CT molecular complexity index is 1190. The molecule has 0 saturated heterocycles. The number of hydrogen-bond donors (Lipinski definition) is 1. The summed E-state index contributed by atoms with van der Waals surface area (Å²) in [6.07, 6.45) is 3.20. The minimum absolute atomic E-state index is 0.0582. The number of ketones is 1. The second kappa shape index (κ2) is 7.38. The van der Waals surface area contributed by atoms with Crippen LogP contribution in [0.1, 0.15) is 39.1 Å². The highest BCUT2D eigenvalue weighted by molar-refractivity contribution is 6.21. The Balaban J connectivity index is 1.78. The minimum Gasteiger partial charge on any atom is -0.394 e. The van der Waals surface area contributed by atoms with Gasteiger partial charge in [-0.3, -0.25) is 14.8 Å². The molecular weight excluding hydrogens is 385 g/mol. The van der Waals surface area contributed by atoms with Crippen molar-refractivity contribution in [2.24, 2.45) is 9.98 Å². The van der Waals surface area contributed by atoms with Crippen molar-refractivity contribution in [3.63, 3.8) is 0 Å². The Labute approximate surface area is 171 Å². The molecule has 0 amide bonds. The molecule has 0 fully saturated rings. The van der Waals surface area contributed by atoms with Crippen molar-refractivity contribution in [2.75, 3.05) is 13.2 Å². The summed E-state index contributed by atoms with van der Waals surface area (Å²) in [5, 5.41) is 13.7. The standard InChI is InChI=1S/C22H18FN5O2/c23-14-8-15-18(30)11-25-21-19(15)17(9-14)24-10-16(13-4-2-1-3-5-13)20(21)22-26-12-27-28(22)6-7-29/h1-5,8-10,12,16,20,29H,6-7,11H2. The molecule has 2 aromatic carbocycles. The minimum atomic E-state index is -0.506. The lowest BCUT2D eigenvalue weighted by Gasteiger charge is -2.27. The van der Waals surface area contributed by atoms with Crippen LogP contribution in [0.15, 0.2) is 58.8 Å². The lowest BCUT2D eigenvalue weighted by atomic mass is 9.79. The van der Waals surface area contributed by atoms with Crippen LogP contribution in [0.2, 0.25) is 0 Å². The Morgan fingerprint density at radius 2 is 2.03 bits per heavy atom. The van der Waals surface area contributed by atoms with E-state index in [1.165, 1.54) is 18.5 Å². The third-order valence-electron chi connectivity index (χ3n) is 5.48. The van der Waals surface area contributed by atoms with Gasteiger partial charge in [0.25, 0.3) is 0 Å². The van der Waals surface area contributed by atoms with Crippen LogP contribution < -0.4 is 0 Å². The maximum absolute atomic E-state index is 14.2. The lowest BCUT2D eigenvalue weighted by molar-refractivity contribution is 0.0999. The van der Waals surface area contributed by atoms with Gasteiger partial charge < -0.3 is 5.11 Å². The van der Waals surface area contributed by atoms with Gasteiger partial charge in [0.15, 0.2) is 5.78 Å². The van der Waals surface area contributed by atoms with Crippen LogP contribution in [0.3, 0.4) is 0 Å². The maximum atomic E-state index is 14.2. The molecule has 2 aliphatic rings. The summed E-state index contributed by atoms with van der Waals surface area (Å²) in [6.45, 7) is 0.127. The first-order chi connectivity index (χ1) is 14.7. The molecule has 3 aromatic rings. The Kier molecular flexibility index (Phi) is 4.55. The SMILES string of the molecule is O=C1CN=C2c3c(cc(F)cc31)N=CC(c1ccccc1)C2c1ncnn1CCO. The molecule has 0 radical (unpaired) electrons. The van der Waals surface area contributed by atoms with E-state index >= 15 is 0 Å². The predicted molar refractivity (Wildman–Crippen MR) is 109 cm³/mol. The van der Waals surface area contributed by atoms with Crippen molar-refractivity contribution in [1.29, 1.82) is 0 Å². The van der Waals surface area contributed by atoms with Crippen molar-refractivity contribution in [3.05, 3.63) is 77.1 Å². The molecule has 0 spiro atoms. The second-order valence-electron chi connectivity index (χ2n) is 7.23. The molecule has 150 valence electrons. The molecule has 2 unspecified atom stereocenters. The van der Waals surface area contributed by atoms with Gasteiger partial charge in [0, 0.05) is 29.3 Å². The molecule has 3 heterocycles.